The minimum Gasteiger partial charge on any atom is -0.508 e. The molecule has 0 saturated carbocycles. The molecule has 0 radical (unpaired) electrons. The van der Waals surface area contributed by atoms with Gasteiger partial charge in [-0.2, -0.15) is 0 Å². The number of phenols is 1. The number of hydrogen-bond donors (Lipinski definition) is 2. The van der Waals surface area contributed by atoms with Gasteiger partial charge in [-0.25, -0.2) is 13.6 Å². The molecular formula is C26H26F2N4O2. The molecule has 1 unspecified atom stereocenters. The van der Waals surface area contributed by atoms with Crippen LogP contribution >= 0.6 is 0 Å². The number of carbonyl (C=O) groups is 1. The average Bonchev–Trinajstić information content (AvgIpc) is 2.83. The number of amides is 2. The molecular weight excluding hydrogens is 438 g/mol. The largest absolute Gasteiger partial charge is 0.508 e. The second-order valence-corrected chi connectivity index (χ2v) is 9.13. The molecule has 5 rings (SSSR count). The molecule has 176 valence electrons. The first-order valence-electron chi connectivity index (χ1n) is 11.4. The first-order valence-corrected chi connectivity index (χ1v) is 11.4. The van der Waals surface area contributed by atoms with Crippen molar-refractivity contribution in [2.75, 3.05) is 25.0 Å². The highest BCUT2D eigenvalue weighted by atomic mass is 19.2. The van der Waals surface area contributed by atoms with Crippen LogP contribution < -0.4 is 5.32 Å². The van der Waals surface area contributed by atoms with Crippen LogP contribution in [0.2, 0.25) is 0 Å². The minimum absolute atomic E-state index is 0.00615. The molecule has 2 fully saturated rings. The molecule has 2 amide bonds. The van der Waals surface area contributed by atoms with Crippen LogP contribution in [0.5, 0.6) is 5.75 Å². The lowest BCUT2D eigenvalue weighted by atomic mass is 9.63. The van der Waals surface area contributed by atoms with E-state index in [1.807, 2.05) is 30.5 Å². The van der Waals surface area contributed by atoms with E-state index in [0.717, 1.165) is 42.6 Å². The van der Waals surface area contributed by atoms with E-state index in [2.05, 4.69) is 21.3 Å². The second-order valence-electron chi connectivity index (χ2n) is 9.13. The lowest BCUT2D eigenvalue weighted by Crippen LogP contribution is -2.62. The molecule has 1 aromatic heterocycles. The van der Waals surface area contributed by atoms with E-state index < -0.39 is 11.6 Å². The van der Waals surface area contributed by atoms with Crippen molar-refractivity contribution < 1.29 is 18.7 Å². The molecule has 0 aliphatic carbocycles. The first kappa shape index (κ1) is 22.3. The molecule has 3 aromatic rings. The lowest BCUT2D eigenvalue weighted by Gasteiger charge is -2.60. The number of hydrogen-bond acceptors (Lipinski definition) is 4. The normalized spacial score (nSPS) is 19.6. The standard InChI is InChI=1S/C26H26F2N4O2/c27-21-8-7-20(14-22(21)28)30-25(34)31-12-9-26(10-13-31)17-32(16-19-4-1-2-6-23(19)33)24(26)18-5-3-11-29-15-18/h1-8,11,14-15,24,33H,9-10,12-13,16-17H2,(H,30,34). The number of phenolic OH excluding ortho intramolecular Hbond substituents is 1. The number of pyridine rings is 1. The number of likely N-dealkylation sites (tertiary alicyclic amines) is 2. The van der Waals surface area contributed by atoms with Crippen molar-refractivity contribution in [2.45, 2.75) is 25.4 Å². The van der Waals surface area contributed by atoms with Gasteiger partial charge in [0.1, 0.15) is 5.75 Å². The number of nitrogens with zero attached hydrogens (tertiary/aromatic N) is 3. The Hall–Kier alpha value is -3.52. The molecule has 34 heavy (non-hydrogen) atoms. The maximum absolute atomic E-state index is 13.5. The van der Waals surface area contributed by atoms with Crippen LogP contribution in [0.1, 0.15) is 30.0 Å². The molecule has 0 bridgehead atoms. The summed E-state index contributed by atoms with van der Waals surface area (Å²) in [5, 5.41) is 12.9. The maximum Gasteiger partial charge on any atom is 0.321 e. The van der Waals surface area contributed by atoms with Gasteiger partial charge in [-0.15, -0.1) is 0 Å². The number of nitrogens with one attached hydrogen (secondary N) is 1. The van der Waals surface area contributed by atoms with Gasteiger partial charge in [0.15, 0.2) is 11.6 Å². The number of urea groups is 1. The summed E-state index contributed by atoms with van der Waals surface area (Å²) >= 11 is 0. The number of halogens is 2. The SMILES string of the molecule is O=C(Nc1ccc(F)c(F)c1)N1CCC2(CC1)CN(Cc1ccccc1O)C2c1cccnc1. The van der Waals surface area contributed by atoms with Crippen molar-refractivity contribution in [2.24, 2.45) is 5.41 Å². The summed E-state index contributed by atoms with van der Waals surface area (Å²) in [5.74, 6) is -1.65. The Morgan fingerprint density at radius 1 is 1.09 bits per heavy atom. The number of aromatic hydroxyl groups is 1. The van der Waals surface area contributed by atoms with Gasteiger partial charge in [0.2, 0.25) is 0 Å². The third-order valence-electron chi connectivity index (χ3n) is 7.05. The molecule has 8 heteroatoms. The van der Waals surface area contributed by atoms with E-state index in [1.54, 1.807) is 17.2 Å². The monoisotopic (exact) mass is 464 g/mol. The van der Waals surface area contributed by atoms with Crippen molar-refractivity contribution in [3.63, 3.8) is 0 Å². The molecule has 3 heterocycles. The number of carbonyl (C=O) groups excluding carboxylic acids is 1. The molecule has 2 N–H and O–H groups in total. The predicted molar refractivity (Wildman–Crippen MR) is 124 cm³/mol. The van der Waals surface area contributed by atoms with Crippen LogP contribution in [0.4, 0.5) is 19.3 Å². The zero-order valence-corrected chi connectivity index (χ0v) is 18.6. The third kappa shape index (κ3) is 4.21. The summed E-state index contributed by atoms with van der Waals surface area (Å²) in [7, 11) is 0. The van der Waals surface area contributed by atoms with Gasteiger partial charge in [0.05, 0.1) is 0 Å². The Labute approximate surface area is 196 Å². The van der Waals surface area contributed by atoms with Gasteiger partial charge < -0.3 is 15.3 Å². The summed E-state index contributed by atoms with van der Waals surface area (Å²) in [4.78, 5) is 21.1. The quantitative estimate of drug-likeness (QED) is 0.574. The summed E-state index contributed by atoms with van der Waals surface area (Å²) in [6.07, 6.45) is 5.28. The van der Waals surface area contributed by atoms with E-state index in [-0.39, 0.29) is 28.9 Å². The molecule has 1 spiro atoms. The molecule has 1 atom stereocenters. The topological polar surface area (TPSA) is 68.7 Å². The van der Waals surface area contributed by atoms with Crippen LogP contribution in [0.25, 0.3) is 0 Å². The highest BCUT2D eigenvalue weighted by molar-refractivity contribution is 5.89. The Bertz CT molecular complexity index is 1180. The van der Waals surface area contributed by atoms with Crippen LogP contribution in [-0.4, -0.2) is 45.6 Å². The summed E-state index contributed by atoms with van der Waals surface area (Å²) in [5.41, 5.74) is 2.25. The molecule has 2 saturated heterocycles. The highest BCUT2D eigenvalue weighted by Gasteiger charge is 2.54. The van der Waals surface area contributed by atoms with E-state index in [0.29, 0.717) is 19.6 Å². The van der Waals surface area contributed by atoms with Gasteiger partial charge in [0, 0.05) is 67.3 Å². The van der Waals surface area contributed by atoms with E-state index in [1.165, 1.54) is 6.07 Å². The lowest BCUT2D eigenvalue weighted by molar-refractivity contribution is -0.112. The average molecular weight is 465 g/mol. The molecule has 2 aliphatic rings. The van der Waals surface area contributed by atoms with Crippen LogP contribution in [0, 0.1) is 17.0 Å². The van der Waals surface area contributed by atoms with Crippen molar-refractivity contribution in [1.82, 2.24) is 14.8 Å². The number of rotatable bonds is 4. The van der Waals surface area contributed by atoms with Gasteiger partial charge in [-0.05, 0) is 42.7 Å². The zero-order valence-electron chi connectivity index (χ0n) is 18.6. The third-order valence-corrected chi connectivity index (χ3v) is 7.05. The number of piperidine rings is 1. The van der Waals surface area contributed by atoms with E-state index in [4.69, 9.17) is 0 Å². The second kappa shape index (κ2) is 9.02. The van der Waals surface area contributed by atoms with Gasteiger partial charge in [0.25, 0.3) is 0 Å². The van der Waals surface area contributed by atoms with Crippen LogP contribution in [0.3, 0.4) is 0 Å². The van der Waals surface area contributed by atoms with Crippen molar-refractivity contribution in [3.05, 3.63) is 89.8 Å². The van der Waals surface area contributed by atoms with Gasteiger partial charge in [-0.3, -0.25) is 9.88 Å². The van der Waals surface area contributed by atoms with Crippen LogP contribution in [-0.2, 0) is 6.54 Å². The fourth-order valence-electron chi connectivity index (χ4n) is 5.33. The fourth-order valence-corrected chi connectivity index (χ4v) is 5.33. The van der Waals surface area contributed by atoms with Crippen molar-refractivity contribution in [3.8, 4) is 5.75 Å². The zero-order chi connectivity index (χ0) is 23.7. The highest BCUT2D eigenvalue weighted by Crippen LogP contribution is 2.55. The Kier molecular flexibility index (Phi) is 5.91. The Morgan fingerprint density at radius 3 is 2.59 bits per heavy atom. The van der Waals surface area contributed by atoms with E-state index >= 15 is 0 Å². The number of benzene rings is 2. The predicted octanol–water partition coefficient (Wildman–Crippen LogP) is 4.94. The smallest absolute Gasteiger partial charge is 0.321 e. The molecule has 2 aliphatic heterocycles. The van der Waals surface area contributed by atoms with Crippen molar-refractivity contribution in [1.29, 1.82) is 0 Å². The Morgan fingerprint density at radius 2 is 1.88 bits per heavy atom. The number of aromatic nitrogens is 1. The minimum atomic E-state index is -0.992. The first-order chi connectivity index (χ1) is 16.4. The maximum atomic E-state index is 13.5. The van der Waals surface area contributed by atoms with E-state index in [9.17, 15) is 18.7 Å². The summed E-state index contributed by atoms with van der Waals surface area (Å²) in [6, 6.07) is 14.6. The van der Waals surface area contributed by atoms with Gasteiger partial charge >= 0.3 is 6.03 Å². The molecule has 2 aromatic carbocycles. The molecule has 6 nitrogen and oxygen atoms in total. The van der Waals surface area contributed by atoms with Gasteiger partial charge in [-0.1, -0.05) is 24.3 Å². The number of para-hydroxylation sites is 1. The number of anilines is 1. The Balaban J connectivity index is 1.28. The van der Waals surface area contributed by atoms with Crippen molar-refractivity contribution >= 4 is 11.7 Å². The summed E-state index contributed by atoms with van der Waals surface area (Å²) < 4.78 is 26.7. The summed E-state index contributed by atoms with van der Waals surface area (Å²) in [6.45, 7) is 2.63. The van der Waals surface area contributed by atoms with Crippen LogP contribution in [0.15, 0.2) is 67.0 Å². The fraction of sp³-hybridized carbons (Fsp3) is 0.308.